The molecule has 0 radical (unpaired) electrons. The number of amides is 2. The number of hydrogen-bond donors (Lipinski definition) is 1. The molecule has 2 atom stereocenters. The van der Waals surface area contributed by atoms with Gasteiger partial charge in [0.25, 0.3) is 0 Å². The number of nitrogens with one attached hydrogen (secondary N) is 1. The lowest BCUT2D eigenvalue weighted by molar-refractivity contribution is -0.144. The number of carbonyl (C=O) groups is 2. The van der Waals surface area contributed by atoms with Crippen LogP contribution in [0.1, 0.15) is 79.1 Å². The van der Waals surface area contributed by atoms with Gasteiger partial charge in [-0.3, -0.25) is 9.59 Å². The zero-order valence-electron chi connectivity index (χ0n) is 21.6. The Morgan fingerprint density at radius 1 is 1.03 bits per heavy atom. The fourth-order valence-corrected chi connectivity index (χ4v) is 6.02. The summed E-state index contributed by atoms with van der Waals surface area (Å²) in [6.45, 7) is 9.12. The largest absolute Gasteiger partial charge is 0.337 e. The monoisotopic (exact) mass is 571 g/mol. The van der Waals surface area contributed by atoms with Crippen LogP contribution in [0.15, 0.2) is 33.6 Å². The van der Waals surface area contributed by atoms with E-state index in [1.54, 1.807) is 17.0 Å². The third-order valence-electron chi connectivity index (χ3n) is 6.59. The molecule has 2 amide bonds. The van der Waals surface area contributed by atoms with Crippen LogP contribution in [0.4, 0.5) is 0 Å². The van der Waals surface area contributed by atoms with Crippen LogP contribution >= 0.6 is 15.9 Å². The van der Waals surface area contributed by atoms with Crippen LogP contribution in [0.2, 0.25) is 0 Å². The second-order valence-electron chi connectivity index (χ2n) is 9.89. The first-order chi connectivity index (χ1) is 16.6. The molecule has 1 aromatic carbocycles. The molecule has 7 nitrogen and oxygen atoms in total. The second-order valence-corrected chi connectivity index (χ2v) is 12.5. The van der Waals surface area contributed by atoms with Crippen LogP contribution in [-0.4, -0.2) is 61.7 Å². The topological polar surface area (TPSA) is 86.8 Å². The molecule has 1 heterocycles. The van der Waals surface area contributed by atoms with Crippen LogP contribution in [0, 0.1) is 5.92 Å². The molecule has 0 aromatic heterocycles. The molecule has 9 heteroatoms. The molecular weight excluding hydrogens is 530 g/mol. The average Bonchev–Trinajstić information content (AvgIpc) is 2.81. The van der Waals surface area contributed by atoms with Crippen molar-refractivity contribution in [2.24, 2.45) is 5.92 Å². The molecule has 0 aliphatic carbocycles. The lowest BCUT2D eigenvalue weighted by Crippen LogP contribution is -2.59. The summed E-state index contributed by atoms with van der Waals surface area (Å²) in [6, 6.07) is 5.36. The fourth-order valence-electron chi connectivity index (χ4n) is 4.42. The molecule has 1 saturated heterocycles. The lowest BCUT2D eigenvalue weighted by atomic mass is 10.0. The summed E-state index contributed by atoms with van der Waals surface area (Å²) in [7, 11) is -3.85. The number of sulfonamides is 1. The Kier molecular flexibility index (Phi) is 12.2. The molecule has 1 fully saturated rings. The van der Waals surface area contributed by atoms with Crippen molar-refractivity contribution in [1.82, 2.24) is 14.5 Å². The summed E-state index contributed by atoms with van der Waals surface area (Å²) in [6.07, 6.45) is 8.74. The van der Waals surface area contributed by atoms with E-state index >= 15 is 0 Å². The molecule has 2 rings (SSSR count). The number of carbonyl (C=O) groups excluding carboxylic acids is 2. The number of rotatable bonds is 13. The molecule has 1 aliphatic rings. The van der Waals surface area contributed by atoms with Crippen molar-refractivity contribution in [1.29, 1.82) is 0 Å². The molecule has 0 spiro atoms. The minimum atomic E-state index is -3.85. The van der Waals surface area contributed by atoms with E-state index in [1.165, 1.54) is 44.2 Å². The van der Waals surface area contributed by atoms with Crippen LogP contribution in [-0.2, 0) is 19.6 Å². The summed E-state index contributed by atoms with van der Waals surface area (Å²) in [5, 5.41) is 0. The van der Waals surface area contributed by atoms with Crippen LogP contribution in [0.25, 0.3) is 0 Å². The van der Waals surface area contributed by atoms with Crippen molar-refractivity contribution in [3.63, 3.8) is 0 Å². The van der Waals surface area contributed by atoms with Gasteiger partial charge in [-0.05, 0) is 43.5 Å². The lowest BCUT2D eigenvalue weighted by Gasteiger charge is -2.41. The van der Waals surface area contributed by atoms with Gasteiger partial charge in [-0.1, -0.05) is 75.2 Å². The standard InChI is InChI=1S/C26H42BrN3O4S/c1-5-6-7-8-9-10-11-12-24(31)30-18-17-29(19-21(30)4)26(32)25(20(2)3)28-35(33,34)23-15-13-22(27)14-16-23/h13-16,20-21,25,28H,5-12,17-19H2,1-4H3. The first-order valence-electron chi connectivity index (χ1n) is 12.9. The van der Waals surface area contributed by atoms with Crippen molar-refractivity contribution in [3.8, 4) is 0 Å². The van der Waals surface area contributed by atoms with Crippen LogP contribution in [0.5, 0.6) is 0 Å². The van der Waals surface area contributed by atoms with Gasteiger partial charge in [0.1, 0.15) is 6.04 Å². The SMILES string of the molecule is CCCCCCCCCC(=O)N1CCN(C(=O)C(NS(=O)(=O)c2ccc(Br)cc2)C(C)C)CC1C. The van der Waals surface area contributed by atoms with E-state index in [0.29, 0.717) is 26.1 Å². The Morgan fingerprint density at radius 2 is 1.63 bits per heavy atom. The molecule has 35 heavy (non-hydrogen) atoms. The van der Waals surface area contributed by atoms with E-state index in [9.17, 15) is 18.0 Å². The van der Waals surface area contributed by atoms with Gasteiger partial charge in [-0.15, -0.1) is 0 Å². The summed E-state index contributed by atoms with van der Waals surface area (Å²) < 4.78 is 29.2. The van der Waals surface area contributed by atoms with Gasteiger partial charge in [0.15, 0.2) is 0 Å². The molecule has 198 valence electrons. The van der Waals surface area contributed by atoms with Gasteiger partial charge in [0.05, 0.1) is 4.90 Å². The predicted molar refractivity (Wildman–Crippen MR) is 143 cm³/mol. The van der Waals surface area contributed by atoms with Crippen molar-refractivity contribution in [2.75, 3.05) is 19.6 Å². The Balaban J connectivity index is 1.90. The average molecular weight is 573 g/mol. The van der Waals surface area contributed by atoms with Crippen molar-refractivity contribution in [2.45, 2.75) is 96.0 Å². The van der Waals surface area contributed by atoms with Gasteiger partial charge < -0.3 is 9.80 Å². The summed E-state index contributed by atoms with van der Waals surface area (Å²) >= 11 is 3.31. The highest BCUT2D eigenvalue weighted by molar-refractivity contribution is 9.10. The Hall–Kier alpha value is -1.45. The summed E-state index contributed by atoms with van der Waals surface area (Å²) in [5.41, 5.74) is 0. The van der Waals surface area contributed by atoms with Crippen molar-refractivity contribution < 1.29 is 18.0 Å². The van der Waals surface area contributed by atoms with E-state index in [2.05, 4.69) is 27.6 Å². The predicted octanol–water partition coefficient (Wildman–Crippen LogP) is 4.95. The quantitative estimate of drug-likeness (QED) is 0.339. The number of benzene rings is 1. The highest BCUT2D eigenvalue weighted by Crippen LogP contribution is 2.19. The van der Waals surface area contributed by atoms with Gasteiger partial charge in [-0.2, -0.15) is 4.72 Å². The first kappa shape index (κ1) is 29.8. The fraction of sp³-hybridized carbons (Fsp3) is 0.692. The smallest absolute Gasteiger partial charge is 0.241 e. The summed E-state index contributed by atoms with van der Waals surface area (Å²) in [4.78, 5) is 29.8. The second kappa shape index (κ2) is 14.3. The zero-order chi connectivity index (χ0) is 26.0. The Labute approximate surface area is 220 Å². The number of hydrogen-bond acceptors (Lipinski definition) is 4. The maximum Gasteiger partial charge on any atom is 0.241 e. The van der Waals surface area contributed by atoms with Gasteiger partial charge in [0, 0.05) is 36.6 Å². The van der Waals surface area contributed by atoms with Crippen molar-refractivity contribution >= 4 is 37.8 Å². The zero-order valence-corrected chi connectivity index (χ0v) is 24.0. The molecular formula is C26H42BrN3O4S. The van der Waals surface area contributed by atoms with Crippen LogP contribution < -0.4 is 4.72 Å². The number of halogens is 1. The Bertz CT molecular complexity index is 921. The Morgan fingerprint density at radius 3 is 2.20 bits per heavy atom. The van der Waals surface area contributed by atoms with E-state index < -0.39 is 16.1 Å². The van der Waals surface area contributed by atoms with Gasteiger partial charge in [0.2, 0.25) is 21.8 Å². The van der Waals surface area contributed by atoms with Gasteiger partial charge in [-0.25, -0.2) is 8.42 Å². The number of piperazine rings is 1. The number of nitrogens with zero attached hydrogens (tertiary/aromatic N) is 2. The molecule has 1 aromatic rings. The van der Waals surface area contributed by atoms with E-state index in [1.807, 2.05) is 25.7 Å². The first-order valence-corrected chi connectivity index (χ1v) is 15.2. The maximum atomic E-state index is 13.3. The highest BCUT2D eigenvalue weighted by atomic mass is 79.9. The molecule has 0 saturated carbocycles. The van der Waals surface area contributed by atoms with E-state index in [0.717, 1.165) is 17.3 Å². The maximum absolute atomic E-state index is 13.3. The summed E-state index contributed by atoms with van der Waals surface area (Å²) in [5.74, 6) is -0.318. The van der Waals surface area contributed by atoms with Crippen molar-refractivity contribution in [3.05, 3.63) is 28.7 Å². The molecule has 0 bridgehead atoms. The normalized spacial score (nSPS) is 17.6. The molecule has 1 N–H and O–H groups in total. The van der Waals surface area contributed by atoms with E-state index in [-0.39, 0.29) is 28.7 Å². The molecule has 1 aliphatic heterocycles. The van der Waals surface area contributed by atoms with Gasteiger partial charge >= 0.3 is 0 Å². The number of unbranched alkanes of at least 4 members (excludes halogenated alkanes) is 6. The third kappa shape index (κ3) is 9.17. The van der Waals surface area contributed by atoms with E-state index in [4.69, 9.17) is 0 Å². The molecule has 2 unspecified atom stereocenters. The minimum absolute atomic E-state index is 0.0966. The van der Waals surface area contributed by atoms with Crippen LogP contribution in [0.3, 0.4) is 0 Å². The highest BCUT2D eigenvalue weighted by Gasteiger charge is 2.35. The third-order valence-corrected chi connectivity index (χ3v) is 8.58. The minimum Gasteiger partial charge on any atom is -0.337 e.